The summed E-state index contributed by atoms with van der Waals surface area (Å²) in [6, 6.07) is 0.0355. The fourth-order valence-corrected chi connectivity index (χ4v) is 1.71. The van der Waals surface area contributed by atoms with Crippen molar-refractivity contribution in [3.05, 3.63) is 11.6 Å². The van der Waals surface area contributed by atoms with E-state index in [-0.39, 0.29) is 18.4 Å². The molecular weight excluding hydrogens is 251 g/mol. The molecule has 1 saturated heterocycles. The number of hydrogen-bond acceptors (Lipinski definition) is 4. The number of H-pyrrole nitrogens is 1. The molecule has 1 aromatic heterocycles. The van der Waals surface area contributed by atoms with Gasteiger partial charge in [-0.2, -0.15) is 18.3 Å². The second-order valence-corrected chi connectivity index (χ2v) is 3.97. The molecule has 1 aliphatic rings. The molecule has 1 amide bonds. The van der Waals surface area contributed by atoms with E-state index in [4.69, 9.17) is 0 Å². The van der Waals surface area contributed by atoms with Crippen LogP contribution in [0.2, 0.25) is 0 Å². The van der Waals surface area contributed by atoms with Crippen molar-refractivity contribution in [2.75, 3.05) is 6.54 Å². The Bertz CT molecular complexity index is 424. The molecule has 0 saturated carbocycles. The highest BCUT2D eigenvalue weighted by Gasteiger charge is 2.38. The zero-order valence-corrected chi connectivity index (χ0v) is 9.34. The summed E-state index contributed by atoms with van der Waals surface area (Å²) in [6.45, 7) is 0.553. The van der Waals surface area contributed by atoms with Crippen molar-refractivity contribution >= 4 is 5.91 Å². The Morgan fingerprint density at radius 1 is 1.50 bits per heavy atom. The van der Waals surface area contributed by atoms with E-state index >= 15 is 0 Å². The van der Waals surface area contributed by atoms with Gasteiger partial charge in [0.2, 0.25) is 0 Å². The number of carbonyl (C=O) groups excluding carboxylic acids is 1. The average molecular weight is 263 g/mol. The van der Waals surface area contributed by atoms with E-state index in [2.05, 4.69) is 20.5 Å². The van der Waals surface area contributed by atoms with Gasteiger partial charge in [0.15, 0.2) is 5.82 Å². The van der Waals surface area contributed by atoms with Crippen molar-refractivity contribution in [2.45, 2.75) is 31.6 Å². The van der Waals surface area contributed by atoms with Gasteiger partial charge in [0.1, 0.15) is 5.82 Å². The molecule has 0 aliphatic carbocycles. The molecule has 1 aromatic rings. The maximum atomic E-state index is 11.9. The summed E-state index contributed by atoms with van der Waals surface area (Å²) in [5.74, 6) is -1.26. The highest BCUT2D eigenvalue weighted by molar-refractivity contribution is 5.81. The molecule has 0 spiro atoms. The van der Waals surface area contributed by atoms with Gasteiger partial charge in [-0.05, 0) is 19.4 Å². The minimum absolute atomic E-state index is 0.0355. The maximum absolute atomic E-state index is 11.9. The molecule has 1 aliphatic heterocycles. The molecule has 2 heterocycles. The Morgan fingerprint density at radius 2 is 2.28 bits per heavy atom. The van der Waals surface area contributed by atoms with Crippen LogP contribution in [0.5, 0.6) is 0 Å². The van der Waals surface area contributed by atoms with Crippen molar-refractivity contribution in [2.24, 2.45) is 0 Å². The van der Waals surface area contributed by atoms with Crippen LogP contribution in [0.3, 0.4) is 0 Å². The topological polar surface area (TPSA) is 82.7 Å². The zero-order chi connectivity index (χ0) is 13.2. The van der Waals surface area contributed by atoms with Crippen molar-refractivity contribution in [1.82, 2.24) is 25.8 Å². The van der Waals surface area contributed by atoms with Gasteiger partial charge in [0.25, 0.3) is 0 Å². The average Bonchev–Trinajstić information content (AvgIpc) is 2.94. The molecule has 1 fully saturated rings. The number of halogens is 3. The number of aromatic nitrogens is 3. The second-order valence-electron chi connectivity index (χ2n) is 3.97. The van der Waals surface area contributed by atoms with E-state index in [0.717, 1.165) is 19.4 Å². The Hall–Kier alpha value is -1.64. The number of amides is 1. The highest BCUT2D eigenvalue weighted by Crippen LogP contribution is 2.19. The fourth-order valence-electron chi connectivity index (χ4n) is 1.71. The first-order valence-electron chi connectivity index (χ1n) is 5.46. The number of carbonyl (C=O) groups is 1. The maximum Gasteiger partial charge on any atom is 0.471 e. The first-order chi connectivity index (χ1) is 8.47. The van der Waals surface area contributed by atoms with Crippen molar-refractivity contribution < 1.29 is 18.0 Å². The van der Waals surface area contributed by atoms with Crippen molar-refractivity contribution in [3.63, 3.8) is 0 Å². The zero-order valence-electron chi connectivity index (χ0n) is 9.34. The third-order valence-electron chi connectivity index (χ3n) is 2.59. The standard InChI is InChI=1S/C9H12F3N5O/c10-9(11,12)8(18)14-4-6-15-7(17-16-6)5-2-1-3-13-5/h5,13H,1-4H2,(H,14,18)(H,15,16,17)/t5-/m0/s1. The lowest BCUT2D eigenvalue weighted by Crippen LogP contribution is -2.36. The molecule has 0 radical (unpaired) electrons. The normalized spacial score (nSPS) is 20.1. The van der Waals surface area contributed by atoms with E-state index in [9.17, 15) is 18.0 Å². The molecular formula is C9H12F3N5O. The third-order valence-corrected chi connectivity index (χ3v) is 2.59. The monoisotopic (exact) mass is 263 g/mol. The van der Waals surface area contributed by atoms with Gasteiger partial charge in [0.05, 0.1) is 12.6 Å². The van der Waals surface area contributed by atoms with Gasteiger partial charge >= 0.3 is 12.1 Å². The van der Waals surface area contributed by atoms with E-state index in [0.29, 0.717) is 5.82 Å². The Balaban J connectivity index is 1.89. The van der Waals surface area contributed by atoms with Crippen molar-refractivity contribution in [3.8, 4) is 0 Å². The van der Waals surface area contributed by atoms with Crippen LogP contribution in [-0.2, 0) is 11.3 Å². The van der Waals surface area contributed by atoms with Crippen LogP contribution in [-0.4, -0.2) is 33.8 Å². The van der Waals surface area contributed by atoms with E-state index in [1.54, 1.807) is 5.32 Å². The quantitative estimate of drug-likeness (QED) is 0.737. The molecule has 100 valence electrons. The van der Waals surface area contributed by atoms with Crippen LogP contribution < -0.4 is 10.6 Å². The van der Waals surface area contributed by atoms with Crippen LogP contribution in [0.15, 0.2) is 0 Å². The van der Waals surface area contributed by atoms with Crippen LogP contribution >= 0.6 is 0 Å². The van der Waals surface area contributed by atoms with Crippen LogP contribution in [0.1, 0.15) is 30.5 Å². The van der Waals surface area contributed by atoms with E-state index in [1.807, 2.05) is 0 Å². The largest absolute Gasteiger partial charge is 0.471 e. The van der Waals surface area contributed by atoms with Gasteiger partial charge in [-0.3, -0.25) is 9.89 Å². The van der Waals surface area contributed by atoms with Crippen LogP contribution in [0.25, 0.3) is 0 Å². The summed E-state index contributed by atoms with van der Waals surface area (Å²) in [6.07, 6.45) is -2.97. The van der Waals surface area contributed by atoms with Gasteiger partial charge in [0, 0.05) is 0 Å². The van der Waals surface area contributed by atoms with Gasteiger partial charge < -0.3 is 10.6 Å². The number of aromatic amines is 1. The number of nitrogens with one attached hydrogen (secondary N) is 3. The lowest BCUT2D eigenvalue weighted by Gasteiger charge is -2.05. The Labute approximate surface area is 100 Å². The first kappa shape index (κ1) is 12.8. The lowest BCUT2D eigenvalue weighted by atomic mass is 10.2. The van der Waals surface area contributed by atoms with E-state index in [1.165, 1.54) is 0 Å². The SMILES string of the molecule is O=C(NCc1nc([C@@H]2CCCN2)n[nH]1)C(F)(F)F. The third kappa shape index (κ3) is 2.97. The summed E-state index contributed by atoms with van der Waals surface area (Å²) < 4.78 is 35.8. The lowest BCUT2D eigenvalue weighted by molar-refractivity contribution is -0.173. The predicted octanol–water partition coefficient (Wildman–Crippen LogP) is 0.408. The molecule has 6 nitrogen and oxygen atoms in total. The molecule has 1 atom stereocenters. The predicted molar refractivity (Wildman–Crippen MR) is 54.3 cm³/mol. The Morgan fingerprint density at radius 3 is 2.89 bits per heavy atom. The van der Waals surface area contributed by atoms with Gasteiger partial charge in [-0.15, -0.1) is 0 Å². The summed E-state index contributed by atoms with van der Waals surface area (Å²) in [5, 5.41) is 11.3. The number of hydrogen-bond donors (Lipinski definition) is 3. The molecule has 2 rings (SSSR count). The number of nitrogens with zero attached hydrogens (tertiary/aromatic N) is 2. The van der Waals surface area contributed by atoms with Crippen molar-refractivity contribution in [1.29, 1.82) is 0 Å². The smallest absolute Gasteiger partial charge is 0.341 e. The molecule has 9 heteroatoms. The number of rotatable bonds is 3. The number of alkyl halides is 3. The molecule has 0 bridgehead atoms. The molecule has 18 heavy (non-hydrogen) atoms. The first-order valence-corrected chi connectivity index (χ1v) is 5.46. The summed E-state index contributed by atoms with van der Waals surface area (Å²) in [4.78, 5) is 14.6. The fraction of sp³-hybridized carbons (Fsp3) is 0.667. The highest BCUT2D eigenvalue weighted by atomic mass is 19.4. The van der Waals surface area contributed by atoms with Crippen LogP contribution in [0, 0.1) is 0 Å². The van der Waals surface area contributed by atoms with Gasteiger partial charge in [-0.1, -0.05) is 0 Å². The molecule has 0 aromatic carbocycles. The summed E-state index contributed by atoms with van der Waals surface area (Å²) >= 11 is 0. The second kappa shape index (κ2) is 4.92. The summed E-state index contributed by atoms with van der Waals surface area (Å²) in [5.41, 5.74) is 0. The Kier molecular flexibility index (Phi) is 3.50. The molecule has 0 unspecified atom stereocenters. The minimum atomic E-state index is -4.88. The molecule has 3 N–H and O–H groups in total. The van der Waals surface area contributed by atoms with E-state index < -0.39 is 12.1 Å². The summed E-state index contributed by atoms with van der Waals surface area (Å²) in [7, 11) is 0. The van der Waals surface area contributed by atoms with Crippen LogP contribution in [0.4, 0.5) is 13.2 Å². The van der Waals surface area contributed by atoms with Gasteiger partial charge in [-0.25, -0.2) is 4.98 Å². The minimum Gasteiger partial charge on any atom is -0.341 e.